The lowest BCUT2D eigenvalue weighted by atomic mass is 9.88. The number of hydrogen-bond acceptors (Lipinski definition) is 9. The number of hydrogen-bond donors (Lipinski definition) is 0. The third kappa shape index (κ3) is 5.77. The van der Waals surface area contributed by atoms with Crippen molar-refractivity contribution in [3.05, 3.63) is 35.9 Å². The van der Waals surface area contributed by atoms with Crippen LogP contribution in [0.1, 0.15) is 25.7 Å². The van der Waals surface area contributed by atoms with Gasteiger partial charge in [0, 0.05) is 44.7 Å². The number of aliphatic imine (C=N–C) groups is 2. The van der Waals surface area contributed by atoms with Gasteiger partial charge in [-0.3, -0.25) is 4.79 Å². The highest BCUT2D eigenvalue weighted by Crippen LogP contribution is 2.38. The van der Waals surface area contributed by atoms with Gasteiger partial charge in [0.2, 0.25) is 5.91 Å². The Morgan fingerprint density at radius 2 is 2.05 bits per heavy atom. The number of likely N-dealkylation sites (N-methyl/N-ethyl adjacent to an activating group) is 1. The number of piperidine rings is 1. The number of para-hydroxylation sites is 1. The molecule has 0 radical (unpaired) electrons. The van der Waals surface area contributed by atoms with Gasteiger partial charge in [-0.25, -0.2) is 4.99 Å². The predicted molar refractivity (Wildman–Crippen MR) is 156 cm³/mol. The van der Waals surface area contributed by atoms with Crippen LogP contribution in [0.4, 0.5) is 5.69 Å². The molecule has 4 heterocycles. The number of ether oxygens (including phenoxy) is 2. The number of amides is 1. The second kappa shape index (κ2) is 12.5. The number of halogens is 1. The number of nitrogens with zero attached hydrogens (tertiary/aromatic N) is 7. The van der Waals surface area contributed by atoms with Gasteiger partial charge in [-0.15, -0.1) is 0 Å². The maximum atomic E-state index is 12.5. The molecule has 0 spiro atoms. The molecule has 4 aliphatic heterocycles. The summed E-state index contributed by atoms with van der Waals surface area (Å²) >= 11 is 6.45. The van der Waals surface area contributed by atoms with Crippen LogP contribution in [0, 0.1) is 17.2 Å². The Bertz CT molecular complexity index is 1210. The molecule has 4 aliphatic rings. The average Bonchev–Trinajstić information content (AvgIpc) is 3.39. The molecule has 40 heavy (non-hydrogen) atoms. The normalized spacial score (nSPS) is 26.9. The fourth-order valence-corrected chi connectivity index (χ4v) is 6.62. The maximum Gasteiger partial charge on any atom is 0.313 e. The van der Waals surface area contributed by atoms with Crippen LogP contribution < -0.4 is 9.64 Å². The van der Waals surface area contributed by atoms with Crippen LogP contribution in [-0.4, -0.2) is 111 Å². The molecule has 3 fully saturated rings. The van der Waals surface area contributed by atoms with Crippen molar-refractivity contribution < 1.29 is 14.3 Å². The number of nitriles is 1. The topological polar surface area (TPSA) is 97.0 Å². The zero-order valence-corrected chi connectivity index (χ0v) is 24.1. The van der Waals surface area contributed by atoms with Crippen LogP contribution in [0.5, 0.6) is 5.75 Å². The van der Waals surface area contributed by atoms with Crippen molar-refractivity contribution in [2.45, 2.75) is 43.8 Å². The molecular formula is C29H38ClN7O3. The minimum Gasteiger partial charge on any atom is -0.493 e. The van der Waals surface area contributed by atoms with E-state index in [1.807, 2.05) is 18.2 Å². The van der Waals surface area contributed by atoms with E-state index in [0.29, 0.717) is 55.6 Å². The number of amidine groups is 2. The smallest absolute Gasteiger partial charge is 0.313 e. The Morgan fingerprint density at radius 1 is 1.20 bits per heavy atom. The first-order valence-electron chi connectivity index (χ1n) is 14.0. The van der Waals surface area contributed by atoms with Gasteiger partial charge in [-0.1, -0.05) is 24.2 Å². The van der Waals surface area contributed by atoms with Crippen molar-refractivity contribution in [2.75, 3.05) is 64.9 Å². The van der Waals surface area contributed by atoms with Gasteiger partial charge in [0.25, 0.3) is 0 Å². The van der Waals surface area contributed by atoms with Crippen molar-refractivity contribution in [2.24, 2.45) is 15.9 Å². The molecule has 1 aromatic carbocycles. The summed E-state index contributed by atoms with van der Waals surface area (Å²) in [4.78, 5) is 31.1. The Balaban J connectivity index is 1.40. The van der Waals surface area contributed by atoms with Gasteiger partial charge in [-0.05, 0) is 51.1 Å². The number of carbonyl (C=O) groups excluding carboxylic acids is 1. The molecule has 0 aromatic heterocycles. The van der Waals surface area contributed by atoms with E-state index in [4.69, 9.17) is 31.1 Å². The summed E-state index contributed by atoms with van der Waals surface area (Å²) in [5, 5.41) is 10.1. The second-order valence-corrected chi connectivity index (χ2v) is 11.3. The monoisotopic (exact) mass is 567 g/mol. The zero-order valence-electron chi connectivity index (χ0n) is 23.3. The predicted octanol–water partition coefficient (Wildman–Crippen LogP) is 3.03. The van der Waals surface area contributed by atoms with E-state index < -0.39 is 0 Å². The largest absolute Gasteiger partial charge is 0.493 e. The van der Waals surface area contributed by atoms with Gasteiger partial charge in [0.05, 0.1) is 42.4 Å². The van der Waals surface area contributed by atoms with E-state index in [1.165, 1.54) is 12.5 Å². The van der Waals surface area contributed by atoms with Crippen LogP contribution in [0.3, 0.4) is 0 Å². The number of anilines is 1. The Morgan fingerprint density at radius 3 is 2.77 bits per heavy atom. The third-order valence-corrected chi connectivity index (χ3v) is 8.86. The molecule has 11 heteroatoms. The number of piperazine rings is 1. The van der Waals surface area contributed by atoms with Gasteiger partial charge < -0.3 is 29.1 Å². The minimum absolute atomic E-state index is 0.0662. The molecule has 3 saturated heterocycles. The number of benzene rings is 1. The summed E-state index contributed by atoms with van der Waals surface area (Å²) in [5.74, 6) is 1.58. The molecule has 214 valence electrons. The Labute approximate surface area is 241 Å². The molecule has 0 bridgehead atoms. The van der Waals surface area contributed by atoms with Gasteiger partial charge >= 0.3 is 6.02 Å². The molecule has 0 aliphatic carbocycles. The first-order valence-corrected chi connectivity index (χ1v) is 14.4. The second-order valence-electron chi connectivity index (χ2n) is 10.9. The summed E-state index contributed by atoms with van der Waals surface area (Å²) in [6.07, 6.45) is 4.69. The quantitative estimate of drug-likeness (QED) is 0.487. The number of fused-ring (bicyclic) bond motifs is 1. The Hall–Kier alpha value is -3.29. The molecular weight excluding hydrogens is 530 g/mol. The first kappa shape index (κ1) is 28.2. The highest BCUT2D eigenvalue weighted by molar-refractivity contribution is 6.32. The summed E-state index contributed by atoms with van der Waals surface area (Å²) in [6.45, 7) is 8.42. The van der Waals surface area contributed by atoms with Crippen molar-refractivity contribution in [3.8, 4) is 11.8 Å². The van der Waals surface area contributed by atoms with Crippen molar-refractivity contribution in [1.29, 1.82) is 5.26 Å². The number of methoxy groups -OCH3 is 1. The fraction of sp³-hybridized carbons (Fsp3) is 0.586. The third-order valence-electron chi connectivity index (χ3n) is 8.56. The van der Waals surface area contributed by atoms with Crippen molar-refractivity contribution in [3.63, 3.8) is 0 Å². The van der Waals surface area contributed by atoms with Crippen molar-refractivity contribution in [1.82, 2.24) is 14.7 Å². The number of rotatable bonds is 6. The molecule has 1 amide bonds. The fourth-order valence-electron chi connectivity index (χ4n) is 6.37. The van der Waals surface area contributed by atoms with Crippen LogP contribution in [0.2, 0.25) is 5.02 Å². The van der Waals surface area contributed by atoms with E-state index in [0.717, 1.165) is 37.5 Å². The summed E-state index contributed by atoms with van der Waals surface area (Å²) in [5.41, 5.74) is 0.952. The summed E-state index contributed by atoms with van der Waals surface area (Å²) < 4.78 is 11.9. The van der Waals surface area contributed by atoms with Crippen LogP contribution in [0.15, 0.2) is 40.8 Å². The van der Waals surface area contributed by atoms with Crippen LogP contribution in [0.25, 0.3) is 0 Å². The van der Waals surface area contributed by atoms with Gasteiger partial charge in [0.1, 0.15) is 12.4 Å². The molecule has 0 saturated carbocycles. The molecule has 4 atom stereocenters. The first-order chi connectivity index (χ1) is 19.4. The SMILES string of the molecule is C=CC(=O)N1CCN(C2=NC(OC[C@@H]3CCCN3C)=NC3CN(c4cccc(Cl)c4OC)CCC23)C[C@@H]1CC#N. The molecule has 0 N–H and O–H groups in total. The van der Waals surface area contributed by atoms with E-state index in [-0.39, 0.29) is 30.3 Å². The van der Waals surface area contributed by atoms with Crippen molar-refractivity contribution >= 4 is 35.1 Å². The molecule has 1 aromatic rings. The average molecular weight is 568 g/mol. The zero-order chi connectivity index (χ0) is 28.2. The van der Waals surface area contributed by atoms with Gasteiger partial charge in [-0.2, -0.15) is 10.3 Å². The van der Waals surface area contributed by atoms with E-state index in [9.17, 15) is 10.1 Å². The standard InChI is InChI=1S/C29H38ClN7O3/c1-4-26(38)37-16-15-36(17-20(37)10-12-31)28-22-11-14-35(25-9-5-8-23(30)27(25)39-3)18-24(22)32-29(33-28)40-19-21-7-6-13-34(21)2/h4-5,8-9,20-22,24H,1,6-7,10-11,13-19H2,2-3H3/t20-,21-,22?,24?/m0/s1. The lowest BCUT2D eigenvalue weighted by molar-refractivity contribution is -0.130. The molecule has 10 nitrogen and oxygen atoms in total. The highest BCUT2D eigenvalue weighted by Gasteiger charge is 2.41. The number of likely N-dealkylation sites (tertiary alicyclic amines) is 1. The number of carbonyl (C=O) groups is 1. The summed E-state index contributed by atoms with van der Waals surface area (Å²) in [7, 11) is 3.77. The van der Waals surface area contributed by atoms with Gasteiger partial charge in [0.15, 0.2) is 5.75 Å². The lowest BCUT2D eigenvalue weighted by Crippen LogP contribution is -2.60. The lowest BCUT2D eigenvalue weighted by Gasteiger charge is -2.46. The molecule has 2 unspecified atom stereocenters. The van der Waals surface area contributed by atoms with Crippen LogP contribution >= 0.6 is 11.6 Å². The summed E-state index contributed by atoms with van der Waals surface area (Å²) in [6, 6.07) is 8.53. The molecule has 5 rings (SSSR count). The van der Waals surface area contributed by atoms with E-state index in [1.54, 1.807) is 12.0 Å². The minimum atomic E-state index is -0.225. The van der Waals surface area contributed by atoms with E-state index >= 15 is 0 Å². The Kier molecular flexibility index (Phi) is 8.81. The van der Waals surface area contributed by atoms with Crippen LogP contribution in [-0.2, 0) is 9.53 Å². The highest BCUT2D eigenvalue weighted by atomic mass is 35.5. The van der Waals surface area contributed by atoms with E-state index in [2.05, 4.69) is 34.4 Å². The maximum absolute atomic E-state index is 12.5.